The lowest BCUT2D eigenvalue weighted by molar-refractivity contribution is 0.0654. The average Bonchev–Trinajstić information content (AvgIpc) is 2.64. The molecule has 19 heavy (non-hydrogen) atoms. The van der Waals surface area contributed by atoms with E-state index in [4.69, 9.17) is 4.74 Å². The van der Waals surface area contributed by atoms with Crippen molar-refractivity contribution in [3.63, 3.8) is 0 Å². The van der Waals surface area contributed by atoms with Crippen molar-refractivity contribution in [3.8, 4) is 0 Å². The third-order valence-electron chi connectivity index (χ3n) is 4.08. The van der Waals surface area contributed by atoms with Crippen LogP contribution in [-0.4, -0.2) is 19.2 Å². The lowest BCUT2D eigenvalue weighted by Gasteiger charge is -2.30. The SMILES string of the molecule is CCc1ccc(C2CNC(C(C)(C)C)CCO2)cc1. The van der Waals surface area contributed by atoms with Crippen molar-refractivity contribution in [2.24, 2.45) is 5.41 Å². The molecule has 1 aromatic rings. The lowest BCUT2D eigenvalue weighted by atomic mass is 9.85. The first kappa shape index (κ1) is 14.5. The van der Waals surface area contributed by atoms with E-state index >= 15 is 0 Å². The van der Waals surface area contributed by atoms with E-state index in [1.165, 1.54) is 11.1 Å². The van der Waals surface area contributed by atoms with E-state index in [-0.39, 0.29) is 6.10 Å². The molecule has 2 rings (SSSR count). The van der Waals surface area contributed by atoms with Crippen molar-refractivity contribution in [1.82, 2.24) is 5.32 Å². The van der Waals surface area contributed by atoms with Gasteiger partial charge in [0.15, 0.2) is 0 Å². The molecular formula is C17H27NO. The average molecular weight is 261 g/mol. The van der Waals surface area contributed by atoms with Gasteiger partial charge >= 0.3 is 0 Å². The van der Waals surface area contributed by atoms with Crippen LogP contribution in [0.2, 0.25) is 0 Å². The minimum Gasteiger partial charge on any atom is -0.372 e. The minimum atomic E-state index is 0.193. The zero-order valence-electron chi connectivity index (χ0n) is 12.7. The predicted molar refractivity (Wildman–Crippen MR) is 80.4 cm³/mol. The molecule has 0 amide bonds. The Morgan fingerprint density at radius 1 is 1.21 bits per heavy atom. The summed E-state index contributed by atoms with van der Waals surface area (Å²) in [5.74, 6) is 0. The summed E-state index contributed by atoms with van der Waals surface area (Å²) in [5.41, 5.74) is 2.97. The molecule has 0 bridgehead atoms. The van der Waals surface area contributed by atoms with Gasteiger partial charge in [0.2, 0.25) is 0 Å². The Morgan fingerprint density at radius 3 is 2.47 bits per heavy atom. The van der Waals surface area contributed by atoms with E-state index in [9.17, 15) is 0 Å². The minimum absolute atomic E-state index is 0.193. The monoisotopic (exact) mass is 261 g/mol. The number of hydrogen-bond acceptors (Lipinski definition) is 2. The largest absolute Gasteiger partial charge is 0.372 e. The highest BCUT2D eigenvalue weighted by Gasteiger charge is 2.28. The van der Waals surface area contributed by atoms with Crippen LogP contribution in [0.25, 0.3) is 0 Å². The highest BCUT2D eigenvalue weighted by atomic mass is 16.5. The Labute approximate surface area is 117 Å². The Balaban J connectivity index is 2.02. The third kappa shape index (κ3) is 3.80. The Bertz CT molecular complexity index is 391. The molecule has 1 N–H and O–H groups in total. The summed E-state index contributed by atoms with van der Waals surface area (Å²) < 4.78 is 6.03. The van der Waals surface area contributed by atoms with E-state index in [0.717, 1.165) is 26.0 Å². The van der Waals surface area contributed by atoms with Gasteiger partial charge in [0.25, 0.3) is 0 Å². The maximum atomic E-state index is 6.03. The van der Waals surface area contributed by atoms with Gasteiger partial charge in [-0.15, -0.1) is 0 Å². The van der Waals surface area contributed by atoms with Crippen LogP contribution in [0.1, 0.15) is 51.3 Å². The van der Waals surface area contributed by atoms with E-state index in [0.29, 0.717) is 11.5 Å². The molecule has 2 atom stereocenters. The summed E-state index contributed by atoms with van der Waals surface area (Å²) in [6.45, 7) is 10.8. The van der Waals surface area contributed by atoms with Crippen LogP contribution in [0, 0.1) is 5.41 Å². The van der Waals surface area contributed by atoms with Crippen molar-refractivity contribution >= 4 is 0 Å². The van der Waals surface area contributed by atoms with Gasteiger partial charge in [-0.05, 0) is 29.4 Å². The van der Waals surface area contributed by atoms with Gasteiger partial charge in [-0.2, -0.15) is 0 Å². The fourth-order valence-corrected chi connectivity index (χ4v) is 2.66. The Kier molecular flexibility index (Phi) is 4.64. The number of rotatable bonds is 2. The molecule has 0 aliphatic carbocycles. The molecule has 0 saturated carbocycles. The quantitative estimate of drug-likeness (QED) is 0.876. The maximum absolute atomic E-state index is 6.03. The van der Waals surface area contributed by atoms with Crippen LogP contribution in [0.5, 0.6) is 0 Å². The molecule has 1 fully saturated rings. The van der Waals surface area contributed by atoms with Crippen molar-refractivity contribution in [1.29, 1.82) is 0 Å². The van der Waals surface area contributed by atoms with Gasteiger partial charge in [-0.3, -0.25) is 0 Å². The third-order valence-corrected chi connectivity index (χ3v) is 4.08. The normalized spacial score (nSPS) is 25.1. The van der Waals surface area contributed by atoms with Crippen LogP contribution in [0.4, 0.5) is 0 Å². The van der Waals surface area contributed by atoms with Gasteiger partial charge in [0.05, 0.1) is 6.10 Å². The number of nitrogens with one attached hydrogen (secondary N) is 1. The number of hydrogen-bond donors (Lipinski definition) is 1. The van der Waals surface area contributed by atoms with Gasteiger partial charge in [-0.25, -0.2) is 0 Å². The van der Waals surface area contributed by atoms with Crippen LogP contribution >= 0.6 is 0 Å². The summed E-state index contributed by atoms with van der Waals surface area (Å²) >= 11 is 0. The summed E-state index contributed by atoms with van der Waals surface area (Å²) in [7, 11) is 0. The van der Waals surface area contributed by atoms with Crippen molar-refractivity contribution in [2.75, 3.05) is 13.2 Å². The number of ether oxygens (including phenoxy) is 1. The first-order valence-corrected chi connectivity index (χ1v) is 7.44. The van der Waals surface area contributed by atoms with Crippen LogP contribution in [0.3, 0.4) is 0 Å². The molecule has 1 saturated heterocycles. The summed E-state index contributed by atoms with van der Waals surface area (Å²) in [5, 5.41) is 3.67. The van der Waals surface area contributed by atoms with Crippen molar-refractivity contribution < 1.29 is 4.74 Å². The second-order valence-corrected chi connectivity index (χ2v) is 6.57. The first-order valence-electron chi connectivity index (χ1n) is 7.44. The molecule has 1 aromatic carbocycles. The Hall–Kier alpha value is -0.860. The van der Waals surface area contributed by atoms with Crippen molar-refractivity contribution in [2.45, 2.75) is 52.7 Å². The summed E-state index contributed by atoms with van der Waals surface area (Å²) in [4.78, 5) is 0. The molecule has 0 spiro atoms. The van der Waals surface area contributed by atoms with E-state index in [1.807, 2.05) is 0 Å². The number of benzene rings is 1. The molecule has 1 heterocycles. The molecular weight excluding hydrogens is 234 g/mol. The fraction of sp³-hybridized carbons (Fsp3) is 0.647. The molecule has 1 aliphatic heterocycles. The van der Waals surface area contributed by atoms with Crippen LogP contribution < -0.4 is 5.32 Å². The van der Waals surface area contributed by atoms with E-state index in [2.05, 4.69) is 57.3 Å². The van der Waals surface area contributed by atoms with Crippen molar-refractivity contribution in [3.05, 3.63) is 35.4 Å². The van der Waals surface area contributed by atoms with Gasteiger partial charge < -0.3 is 10.1 Å². The predicted octanol–water partition coefficient (Wildman–Crippen LogP) is 3.71. The molecule has 1 aliphatic rings. The molecule has 2 unspecified atom stereocenters. The summed E-state index contributed by atoms with van der Waals surface area (Å²) in [6.07, 6.45) is 2.38. The van der Waals surface area contributed by atoms with E-state index < -0.39 is 0 Å². The smallest absolute Gasteiger partial charge is 0.0949 e. The van der Waals surface area contributed by atoms with E-state index in [1.54, 1.807) is 0 Å². The highest BCUT2D eigenvalue weighted by Crippen LogP contribution is 2.27. The lowest BCUT2D eigenvalue weighted by Crippen LogP contribution is -2.40. The molecule has 2 nitrogen and oxygen atoms in total. The zero-order chi connectivity index (χ0) is 13.9. The van der Waals surface area contributed by atoms with Gasteiger partial charge in [-0.1, -0.05) is 52.0 Å². The molecule has 0 radical (unpaired) electrons. The molecule has 106 valence electrons. The Morgan fingerprint density at radius 2 is 1.89 bits per heavy atom. The molecule has 0 aromatic heterocycles. The fourth-order valence-electron chi connectivity index (χ4n) is 2.66. The molecule has 2 heteroatoms. The van der Waals surface area contributed by atoms with Gasteiger partial charge in [0, 0.05) is 19.2 Å². The standard InChI is InChI=1S/C17H27NO/c1-5-13-6-8-14(9-7-13)15-12-18-16(10-11-19-15)17(2,3)4/h6-9,15-16,18H,5,10-12H2,1-4H3. The highest BCUT2D eigenvalue weighted by molar-refractivity contribution is 5.24. The second kappa shape index (κ2) is 6.06. The number of aryl methyl sites for hydroxylation is 1. The zero-order valence-corrected chi connectivity index (χ0v) is 12.7. The summed E-state index contributed by atoms with van der Waals surface area (Å²) in [6, 6.07) is 9.38. The van der Waals surface area contributed by atoms with Gasteiger partial charge in [0.1, 0.15) is 0 Å². The first-order chi connectivity index (χ1) is 9.00. The van der Waals surface area contributed by atoms with Crippen LogP contribution in [-0.2, 0) is 11.2 Å². The van der Waals surface area contributed by atoms with Crippen LogP contribution in [0.15, 0.2) is 24.3 Å². The topological polar surface area (TPSA) is 21.3 Å². The maximum Gasteiger partial charge on any atom is 0.0949 e. The second-order valence-electron chi connectivity index (χ2n) is 6.57.